The molecule has 120 heavy (non-hydrogen) atoms. The molecule has 5 heterocycles. The van der Waals surface area contributed by atoms with Crippen LogP contribution in [0.25, 0.3) is 0 Å². The summed E-state index contributed by atoms with van der Waals surface area (Å²) in [6.07, 6.45) is -17.2. The second-order valence-corrected chi connectivity index (χ2v) is 35.7. The summed E-state index contributed by atoms with van der Waals surface area (Å²) in [5.41, 5.74) is -2.46. The third kappa shape index (κ3) is 37.0. The second kappa shape index (κ2) is 53.6. The molecular weight excluding hydrogens is 1710 g/mol. The summed E-state index contributed by atoms with van der Waals surface area (Å²) in [6, 6.07) is -4.56. The maximum absolute atomic E-state index is 14.4. The Bertz CT molecular complexity index is 3260. The minimum Gasteiger partial charge on any atom is -0.394 e. The number of ether oxygens (including phenoxy) is 10. The quantitative estimate of drug-likeness (QED) is 0.0157. The van der Waals surface area contributed by atoms with Crippen LogP contribution in [0, 0.1) is 0 Å². The number of Topliss-reactive ketones (excluding diaryl/α,β-unsaturated/α-hetero) is 5. The van der Waals surface area contributed by atoms with E-state index >= 15 is 0 Å². The maximum Gasteiger partial charge on any atom is 0.330 e. The number of likely N-dealkylation sites (tertiary alicyclic amines) is 1. The number of hydrogen-bond acceptors (Lipinski definition) is 36. The Hall–Kier alpha value is -4.82. The van der Waals surface area contributed by atoms with Crippen molar-refractivity contribution in [3.05, 3.63) is 0 Å². The van der Waals surface area contributed by atoms with Crippen molar-refractivity contribution >= 4 is 102 Å². The summed E-state index contributed by atoms with van der Waals surface area (Å²) in [6.45, 7) is 0.361. The van der Waals surface area contributed by atoms with Crippen LogP contribution in [0.3, 0.4) is 0 Å². The van der Waals surface area contributed by atoms with Gasteiger partial charge in [0.25, 0.3) is 0 Å². The Morgan fingerprint density at radius 2 is 0.900 bits per heavy atom. The average molecular weight is 1830 g/mol. The number of ketones is 5. The molecule has 5 saturated heterocycles. The van der Waals surface area contributed by atoms with Crippen LogP contribution in [-0.2, 0) is 118 Å². The summed E-state index contributed by atoms with van der Waals surface area (Å²) in [5, 5.41) is 115. The third-order valence-corrected chi connectivity index (χ3v) is 23.7. The normalized spacial score (nSPS) is 29.1. The summed E-state index contributed by atoms with van der Waals surface area (Å²) in [4.78, 5) is 166. The number of nitrogens with one attached hydrogen (secondary N) is 5. The predicted octanol–water partition coefficient (Wildman–Crippen LogP) is -3.96. The Balaban J connectivity index is 1.24. The first-order valence-electron chi connectivity index (χ1n) is 40.2. The molecule has 17 N–H and O–H groups in total. The number of carbonyl (C=O) groups is 11. The zero-order valence-corrected chi connectivity index (χ0v) is 71.7. The number of nitrogens with zero attached hydrogens (tertiary/aromatic N) is 1. The number of halogens is 1. The van der Waals surface area contributed by atoms with Crippen molar-refractivity contribution in [2.75, 3.05) is 106 Å². The fourth-order valence-electron chi connectivity index (χ4n) is 13.4. The molecule has 0 bridgehead atoms. The topological polar surface area (TPSA) is 631 Å². The van der Waals surface area contributed by atoms with Gasteiger partial charge in [-0.3, -0.25) is 57.3 Å². The Morgan fingerprint density at radius 3 is 1.32 bits per heavy atom. The van der Waals surface area contributed by atoms with Gasteiger partial charge in [-0.15, -0.1) is 0 Å². The first kappa shape index (κ1) is 106. The summed E-state index contributed by atoms with van der Waals surface area (Å²) >= 11 is 3.33. The molecule has 9 unspecified atom stereocenters. The van der Waals surface area contributed by atoms with Gasteiger partial charge in [-0.25, -0.2) is 0 Å². The van der Waals surface area contributed by atoms with Crippen molar-refractivity contribution < 1.29 is 179 Å². The van der Waals surface area contributed by atoms with Gasteiger partial charge in [0.15, 0.2) is 18.9 Å². The lowest BCUT2D eigenvalue weighted by Gasteiger charge is -2.42. The number of aliphatic hydroxyl groups is 10. The van der Waals surface area contributed by atoms with E-state index in [1.165, 1.54) is 32.6 Å². The molecule has 690 valence electrons. The van der Waals surface area contributed by atoms with Crippen molar-refractivity contribution in [2.45, 2.75) is 289 Å². The van der Waals surface area contributed by atoms with Crippen molar-refractivity contribution in [3.63, 3.8) is 0 Å². The van der Waals surface area contributed by atoms with Gasteiger partial charge in [0.05, 0.1) is 116 Å². The number of rotatable bonds is 59. The van der Waals surface area contributed by atoms with Gasteiger partial charge < -0.3 is 153 Å². The second-order valence-electron chi connectivity index (χ2n) is 30.5. The van der Waals surface area contributed by atoms with Gasteiger partial charge in [-0.2, -0.15) is 0 Å². The van der Waals surface area contributed by atoms with Gasteiger partial charge in [0.1, 0.15) is 119 Å². The fourth-order valence-corrected chi connectivity index (χ4v) is 15.8. The van der Waals surface area contributed by atoms with Gasteiger partial charge >= 0.3 is 7.60 Å². The molecule has 0 aliphatic carbocycles. The van der Waals surface area contributed by atoms with Gasteiger partial charge in [0.2, 0.25) is 43.0 Å². The molecule has 0 aromatic heterocycles. The summed E-state index contributed by atoms with van der Waals surface area (Å²) < 4.78 is 87.0. The lowest BCUT2D eigenvalue weighted by atomic mass is 9.97. The van der Waals surface area contributed by atoms with Gasteiger partial charge in [-0.05, 0) is 32.0 Å². The van der Waals surface area contributed by atoms with Crippen molar-refractivity contribution in [1.29, 1.82) is 0 Å². The van der Waals surface area contributed by atoms with Crippen LogP contribution in [0.1, 0.15) is 157 Å². The number of alkyl halides is 1. The zero-order valence-electron chi connectivity index (χ0n) is 68.4. The van der Waals surface area contributed by atoms with Crippen LogP contribution in [0.2, 0.25) is 0 Å². The van der Waals surface area contributed by atoms with E-state index in [2.05, 4.69) is 48.8 Å². The van der Waals surface area contributed by atoms with Crippen molar-refractivity contribution in [2.24, 2.45) is 0 Å². The zero-order chi connectivity index (χ0) is 89.0. The highest BCUT2D eigenvalue weighted by molar-refractivity contribution is 9.09. The largest absolute Gasteiger partial charge is 0.394 e. The number of aliphatic hydroxyl groups excluding tert-OH is 10. The smallest absolute Gasteiger partial charge is 0.330 e. The molecule has 0 saturated carbocycles. The van der Waals surface area contributed by atoms with Crippen LogP contribution >= 0.6 is 31.1 Å². The lowest BCUT2D eigenvalue weighted by Crippen LogP contribution is -2.64. The number of β-amino-alcohol motifs (C(OH)–C–C–N with tert-alkyl or cyclic N) is 1. The van der Waals surface area contributed by atoms with E-state index in [9.17, 15) is 118 Å². The van der Waals surface area contributed by atoms with E-state index in [1.54, 1.807) is 0 Å². The molecule has 46 heteroatoms. The number of amides is 6. The van der Waals surface area contributed by atoms with Gasteiger partial charge in [0, 0.05) is 124 Å². The molecule has 0 spiro atoms. The molecule has 5 fully saturated rings. The minimum atomic E-state index is -4.03. The highest BCUT2D eigenvalue weighted by Gasteiger charge is 2.49. The van der Waals surface area contributed by atoms with Crippen LogP contribution in [0.4, 0.5) is 0 Å². The Morgan fingerprint density at radius 1 is 0.492 bits per heavy atom. The Kier molecular flexibility index (Phi) is 47.2. The first-order chi connectivity index (χ1) is 56.7. The first-order valence-corrected chi connectivity index (χ1v) is 44.5. The molecule has 23 atom stereocenters. The molecule has 5 rings (SSSR count). The predicted molar refractivity (Wildman–Crippen MR) is 420 cm³/mol. The van der Waals surface area contributed by atoms with Crippen LogP contribution < -0.4 is 26.6 Å². The molecule has 0 aromatic carbocycles. The van der Waals surface area contributed by atoms with E-state index in [1.807, 2.05) is 0 Å². The third-order valence-electron chi connectivity index (χ3n) is 20.1. The van der Waals surface area contributed by atoms with E-state index in [0.717, 1.165) is 6.92 Å². The fraction of sp³-hybridized carbons (Fsp3) is 0.838. The minimum absolute atomic E-state index is 0.0250. The standard InChI is InChI=1S/C74H125BrN6O37P2/c1-42(2)120(104,105)113-38-57-53(32-58(75)114-57)118-119(6,103)112-37-46-31-52(93)33-81(46)61(96)16-15-60(95)80-74(40-107-26-19-49(90)13-10-14-50(91)21-29-110-72-63(78-44(4)86)69(101)66(98)55(35-83)116-72,41-108-27-23-59(94)76-24-17-51(92)22-30-111-73-64(79-45(5)87)70(102)67(99)56(36-84)117-73)39-106-25-18-47(88)11-8-7-9-12-48(89)20-28-109-71-62(77-43(3)85)68(100)65(97)54(34-82)115-71/h42,46,52-58,62-73,82-84,93,97-103H,6-41H2,1-5H3,(H,76,94)(H,77,85)(H,78,86)(H,79,87)(H,80,95)(H,104,105)/t46-,52+,53-,54?,55?,56?,57+,58+,62?,63?,64?,65-,66-,67-,68+,69+,70+,71+,72+,73+,74?,119?/m0/s1. The van der Waals surface area contributed by atoms with Crippen molar-refractivity contribution in [3.8, 4) is 0 Å². The summed E-state index contributed by atoms with van der Waals surface area (Å²) in [7, 11) is -8.03. The molecule has 0 radical (unpaired) electrons. The SMILES string of the molecule is C=P(O)(OC[C@@H]1C[C@@H](O)CN1C(=O)CCC(=O)NC(COCCC(=O)CCCCCC(=O)CCO[C@@H]1OC(CO)[C@H](O)[C@H](O)C1NC(C)=O)(COCCC(=O)CCCC(=O)CCO[C@@H]1OC(CO)[C@H](O)[C@H](O)C1NC(C)=O)COCCC(=O)NCCC(=O)CCO[C@@H]1OC(CO)[C@H](O)[C@H](O)C1NC(C)=O)O[C@H]1C[C@H](Br)O[C@@H]1COP(=O)(O)C(C)C. The van der Waals surface area contributed by atoms with E-state index < -0.39 is 242 Å². The lowest BCUT2D eigenvalue weighted by molar-refractivity contribution is -0.269. The molecule has 6 amide bonds. The molecule has 0 aromatic rings. The summed E-state index contributed by atoms with van der Waals surface area (Å²) in [5.74, 6) is -5.23. The Labute approximate surface area is 704 Å². The van der Waals surface area contributed by atoms with E-state index in [4.69, 9.17) is 60.9 Å². The molecule has 5 aliphatic rings. The number of carbonyl (C=O) groups excluding carboxylic acids is 11. The van der Waals surface area contributed by atoms with E-state index in [0.29, 0.717) is 19.3 Å². The van der Waals surface area contributed by atoms with Gasteiger partial charge in [-0.1, -0.05) is 36.2 Å². The molecule has 5 aliphatic heterocycles. The average Bonchev–Trinajstić information content (AvgIpc) is 0.862. The van der Waals surface area contributed by atoms with Crippen LogP contribution in [0.5, 0.6) is 0 Å². The number of unbranched alkanes of at least 4 members (excludes halogenated alkanes) is 2. The van der Waals surface area contributed by atoms with Crippen molar-refractivity contribution in [1.82, 2.24) is 31.5 Å². The van der Waals surface area contributed by atoms with Crippen LogP contribution in [-0.4, -0.2) is 374 Å². The highest BCUT2D eigenvalue weighted by Crippen LogP contribution is 2.51. The maximum atomic E-state index is 14.4. The number of hydrogen-bond donors (Lipinski definition) is 17. The van der Waals surface area contributed by atoms with Crippen LogP contribution in [0.15, 0.2) is 0 Å². The van der Waals surface area contributed by atoms with E-state index in [-0.39, 0.29) is 178 Å². The molecule has 43 nitrogen and oxygen atoms in total. The monoisotopic (exact) mass is 1830 g/mol. The molecular formula is C74H125BrN6O37P2. The highest BCUT2D eigenvalue weighted by atomic mass is 79.9.